The number of carbonyl (C=O) groups excluding carboxylic acids is 1. The molecule has 0 spiro atoms. The van der Waals surface area contributed by atoms with E-state index in [4.69, 9.17) is 15.2 Å². The van der Waals surface area contributed by atoms with Gasteiger partial charge in [0.2, 0.25) is 0 Å². The number of imidazole rings is 1. The van der Waals surface area contributed by atoms with Crippen molar-refractivity contribution in [2.75, 3.05) is 13.7 Å². The number of primary amides is 1. The Morgan fingerprint density at radius 2 is 2.07 bits per heavy atom. The molecule has 7 nitrogen and oxygen atoms in total. The van der Waals surface area contributed by atoms with Crippen molar-refractivity contribution in [1.82, 2.24) is 9.38 Å². The summed E-state index contributed by atoms with van der Waals surface area (Å²) in [6.45, 7) is -0.237. The molecule has 0 radical (unpaired) electrons. The second-order valence-electron chi connectivity index (χ2n) is 5.80. The molecule has 4 rings (SSSR count). The molecule has 2 heterocycles. The third-order valence-corrected chi connectivity index (χ3v) is 4.97. The van der Waals surface area contributed by atoms with E-state index >= 15 is 0 Å². The van der Waals surface area contributed by atoms with E-state index in [1.165, 1.54) is 18.4 Å². The number of benzene rings is 2. The molecule has 2 aromatic carbocycles. The third-order valence-electron chi connectivity index (χ3n) is 4.00. The first kappa shape index (κ1) is 17.0. The van der Waals surface area contributed by atoms with Gasteiger partial charge < -0.3 is 15.2 Å². The zero-order valence-electron chi connectivity index (χ0n) is 14.3. The quantitative estimate of drug-likeness (QED) is 0.563. The molecule has 0 atom stereocenters. The summed E-state index contributed by atoms with van der Waals surface area (Å²) in [5, 5.41) is 0. The monoisotopic (exact) mass is 381 g/mol. The van der Waals surface area contributed by atoms with Crippen molar-refractivity contribution in [2.45, 2.75) is 0 Å². The first-order valence-corrected chi connectivity index (χ1v) is 8.89. The summed E-state index contributed by atoms with van der Waals surface area (Å²) in [5.74, 6) is 0.282. The van der Waals surface area contributed by atoms with Crippen LogP contribution in [0.15, 0.2) is 47.3 Å². The largest absolute Gasteiger partial charge is 0.493 e. The van der Waals surface area contributed by atoms with E-state index in [1.54, 1.807) is 28.7 Å². The number of carbonyl (C=O) groups is 1. The average Bonchev–Trinajstić information content (AvgIpc) is 3.17. The maximum absolute atomic E-state index is 12.8. The summed E-state index contributed by atoms with van der Waals surface area (Å²) in [4.78, 5) is 28.8. The predicted molar refractivity (Wildman–Crippen MR) is 103 cm³/mol. The molecular formula is C19H15N3O4S. The highest BCUT2D eigenvalue weighted by atomic mass is 32.1. The summed E-state index contributed by atoms with van der Waals surface area (Å²) in [5.41, 5.74) is 7.34. The van der Waals surface area contributed by atoms with Gasteiger partial charge in [0.1, 0.15) is 0 Å². The summed E-state index contributed by atoms with van der Waals surface area (Å²) >= 11 is 1.33. The molecule has 1 amide bonds. The van der Waals surface area contributed by atoms with Gasteiger partial charge in [0, 0.05) is 0 Å². The van der Waals surface area contributed by atoms with Crippen LogP contribution in [0.5, 0.6) is 11.5 Å². The summed E-state index contributed by atoms with van der Waals surface area (Å²) in [6.07, 6.45) is 1.77. The second-order valence-corrected chi connectivity index (χ2v) is 6.81. The van der Waals surface area contributed by atoms with Crippen molar-refractivity contribution in [3.8, 4) is 11.5 Å². The van der Waals surface area contributed by atoms with Gasteiger partial charge in [0.05, 0.1) is 22.7 Å². The minimum Gasteiger partial charge on any atom is -0.493 e. The second kappa shape index (κ2) is 6.73. The van der Waals surface area contributed by atoms with Gasteiger partial charge in [-0.05, 0) is 35.9 Å². The van der Waals surface area contributed by atoms with Crippen molar-refractivity contribution in [3.05, 3.63) is 62.9 Å². The first-order valence-electron chi connectivity index (χ1n) is 8.07. The molecule has 0 bridgehead atoms. The van der Waals surface area contributed by atoms with Gasteiger partial charge in [-0.3, -0.25) is 9.59 Å². The molecule has 136 valence electrons. The van der Waals surface area contributed by atoms with Gasteiger partial charge in [-0.15, -0.1) is 0 Å². The van der Waals surface area contributed by atoms with Crippen LogP contribution in [-0.4, -0.2) is 29.0 Å². The molecular weight excluding hydrogens is 366 g/mol. The molecule has 0 aliphatic heterocycles. The van der Waals surface area contributed by atoms with Crippen LogP contribution < -0.4 is 25.3 Å². The lowest BCUT2D eigenvalue weighted by Gasteiger charge is -2.09. The van der Waals surface area contributed by atoms with Crippen LogP contribution in [0.25, 0.3) is 22.1 Å². The number of hydrogen-bond acceptors (Lipinski definition) is 6. The Hall–Kier alpha value is -3.39. The Morgan fingerprint density at radius 1 is 1.26 bits per heavy atom. The summed E-state index contributed by atoms with van der Waals surface area (Å²) in [6, 6.07) is 12.7. The normalized spacial score (nSPS) is 12.0. The van der Waals surface area contributed by atoms with Crippen molar-refractivity contribution in [2.24, 2.45) is 5.73 Å². The highest BCUT2D eigenvalue weighted by Gasteiger charge is 2.11. The fourth-order valence-electron chi connectivity index (χ4n) is 2.81. The Labute approximate surface area is 157 Å². The van der Waals surface area contributed by atoms with Gasteiger partial charge in [-0.2, -0.15) is 0 Å². The van der Waals surface area contributed by atoms with E-state index in [2.05, 4.69) is 4.98 Å². The maximum atomic E-state index is 12.8. The first-order chi connectivity index (χ1) is 13.1. The van der Waals surface area contributed by atoms with Crippen LogP contribution in [0.4, 0.5) is 0 Å². The molecule has 8 heteroatoms. The topological polar surface area (TPSA) is 95.9 Å². The van der Waals surface area contributed by atoms with Crippen LogP contribution in [0.2, 0.25) is 0 Å². The van der Waals surface area contributed by atoms with Gasteiger partial charge in [0.25, 0.3) is 11.5 Å². The number of thiazole rings is 1. The van der Waals surface area contributed by atoms with E-state index in [1.807, 2.05) is 24.3 Å². The van der Waals surface area contributed by atoms with Crippen LogP contribution in [0.1, 0.15) is 5.56 Å². The number of para-hydroxylation sites is 2. The molecule has 27 heavy (non-hydrogen) atoms. The number of ether oxygens (including phenoxy) is 2. The molecule has 0 fully saturated rings. The molecule has 0 saturated heterocycles. The van der Waals surface area contributed by atoms with E-state index in [0.717, 1.165) is 16.6 Å². The number of nitrogens with two attached hydrogens (primary N) is 1. The molecule has 0 aliphatic carbocycles. The van der Waals surface area contributed by atoms with E-state index in [-0.39, 0.29) is 12.2 Å². The van der Waals surface area contributed by atoms with Crippen LogP contribution in [0.3, 0.4) is 0 Å². The number of methoxy groups -OCH3 is 1. The zero-order valence-corrected chi connectivity index (χ0v) is 15.2. The highest BCUT2D eigenvalue weighted by Crippen LogP contribution is 2.28. The van der Waals surface area contributed by atoms with Gasteiger partial charge in [-0.25, -0.2) is 9.38 Å². The Balaban J connectivity index is 1.78. The third kappa shape index (κ3) is 3.11. The fourth-order valence-corrected chi connectivity index (χ4v) is 3.79. The number of nitrogens with zero attached hydrogens (tertiary/aromatic N) is 2. The van der Waals surface area contributed by atoms with Crippen molar-refractivity contribution in [1.29, 1.82) is 0 Å². The average molecular weight is 381 g/mol. The van der Waals surface area contributed by atoms with Crippen LogP contribution >= 0.6 is 11.3 Å². The lowest BCUT2D eigenvalue weighted by Crippen LogP contribution is -2.22. The number of hydrogen-bond donors (Lipinski definition) is 1. The van der Waals surface area contributed by atoms with Gasteiger partial charge >= 0.3 is 0 Å². The SMILES string of the molecule is COc1cc(/C=c2/sc3nc4ccccc4n3c2=O)ccc1OCC(N)=O. The van der Waals surface area contributed by atoms with E-state index in [9.17, 15) is 9.59 Å². The van der Waals surface area contributed by atoms with Gasteiger partial charge in [0.15, 0.2) is 23.1 Å². The zero-order chi connectivity index (χ0) is 19.0. The number of amides is 1. The number of rotatable bonds is 5. The molecule has 2 aromatic heterocycles. The molecule has 2 N–H and O–H groups in total. The smallest absolute Gasteiger partial charge is 0.274 e. The number of fused-ring (bicyclic) bond motifs is 3. The molecule has 4 aromatic rings. The van der Waals surface area contributed by atoms with Gasteiger partial charge in [-0.1, -0.05) is 29.5 Å². The molecule has 0 saturated carbocycles. The Kier molecular flexibility index (Phi) is 4.25. The lowest BCUT2D eigenvalue weighted by molar-refractivity contribution is -0.119. The number of aromatic nitrogens is 2. The van der Waals surface area contributed by atoms with E-state index in [0.29, 0.717) is 21.0 Å². The summed E-state index contributed by atoms with van der Waals surface area (Å²) in [7, 11) is 1.50. The highest BCUT2D eigenvalue weighted by molar-refractivity contribution is 7.15. The van der Waals surface area contributed by atoms with Crippen molar-refractivity contribution < 1.29 is 14.3 Å². The minimum absolute atomic E-state index is 0.114. The van der Waals surface area contributed by atoms with E-state index < -0.39 is 5.91 Å². The lowest BCUT2D eigenvalue weighted by atomic mass is 10.2. The fraction of sp³-hybridized carbons (Fsp3) is 0.105. The van der Waals surface area contributed by atoms with Crippen LogP contribution in [0, 0.1) is 0 Å². The van der Waals surface area contributed by atoms with Crippen molar-refractivity contribution >= 4 is 39.3 Å². The standard InChI is InChI=1S/C19H15N3O4S/c1-25-15-8-11(6-7-14(15)26-10-17(20)23)9-16-18(24)22-13-5-3-2-4-12(13)21-19(22)27-16/h2-9H,10H2,1H3,(H2,20,23)/b16-9+. The Bertz CT molecular complexity index is 1280. The molecule has 0 unspecified atom stereocenters. The summed E-state index contributed by atoms with van der Waals surface area (Å²) < 4.78 is 12.8. The molecule has 0 aliphatic rings. The van der Waals surface area contributed by atoms with Crippen LogP contribution in [-0.2, 0) is 4.79 Å². The predicted octanol–water partition coefficient (Wildman–Crippen LogP) is 1.33. The minimum atomic E-state index is -0.571. The maximum Gasteiger partial charge on any atom is 0.274 e. The van der Waals surface area contributed by atoms with Crippen molar-refractivity contribution in [3.63, 3.8) is 0 Å². The Morgan fingerprint density at radius 3 is 2.85 bits per heavy atom.